The zero-order valence-corrected chi connectivity index (χ0v) is 15.3. The van der Waals surface area contributed by atoms with E-state index in [2.05, 4.69) is 14.9 Å². The molecular formula is C14H16ClN5O5S. The first kappa shape index (κ1) is 18.4. The van der Waals surface area contributed by atoms with E-state index in [4.69, 9.17) is 22.1 Å². The maximum atomic E-state index is 12.9. The lowest BCUT2D eigenvalue weighted by Gasteiger charge is -2.33. The van der Waals surface area contributed by atoms with E-state index in [-0.39, 0.29) is 53.4 Å². The maximum absolute atomic E-state index is 12.9. The number of piperazine rings is 1. The number of carbonyl (C=O) groups is 1. The zero-order valence-electron chi connectivity index (χ0n) is 13.8. The van der Waals surface area contributed by atoms with Crippen molar-refractivity contribution < 1.29 is 22.6 Å². The van der Waals surface area contributed by atoms with Crippen molar-refractivity contribution in [3.05, 3.63) is 28.9 Å². The Morgan fingerprint density at radius 3 is 2.54 bits per heavy atom. The highest BCUT2D eigenvalue weighted by Crippen LogP contribution is 2.30. The SMILES string of the molecule is COc1ccc(Cl)cc1S(=O)(=O)N1CCN(C(=O)c2nonc2N)CC1. The van der Waals surface area contributed by atoms with E-state index < -0.39 is 15.9 Å². The Balaban J connectivity index is 1.76. The molecule has 10 nitrogen and oxygen atoms in total. The van der Waals surface area contributed by atoms with Gasteiger partial charge in [0.05, 0.1) is 7.11 Å². The molecule has 0 bridgehead atoms. The van der Waals surface area contributed by atoms with E-state index >= 15 is 0 Å². The summed E-state index contributed by atoms with van der Waals surface area (Å²) >= 11 is 5.93. The molecule has 0 unspecified atom stereocenters. The van der Waals surface area contributed by atoms with Crippen LogP contribution in [0.2, 0.25) is 5.02 Å². The van der Waals surface area contributed by atoms with Crippen LogP contribution in [0, 0.1) is 0 Å². The van der Waals surface area contributed by atoms with Gasteiger partial charge in [-0.15, -0.1) is 0 Å². The fourth-order valence-electron chi connectivity index (χ4n) is 2.62. The molecule has 1 aliphatic heterocycles. The van der Waals surface area contributed by atoms with E-state index in [1.165, 1.54) is 28.4 Å². The molecule has 1 fully saturated rings. The molecule has 2 aromatic rings. The van der Waals surface area contributed by atoms with Crippen molar-refractivity contribution in [3.63, 3.8) is 0 Å². The van der Waals surface area contributed by atoms with Gasteiger partial charge in [0.25, 0.3) is 5.91 Å². The van der Waals surface area contributed by atoms with Crippen LogP contribution in [-0.4, -0.2) is 67.1 Å². The molecule has 0 radical (unpaired) electrons. The number of benzene rings is 1. The smallest absolute Gasteiger partial charge is 0.280 e. The van der Waals surface area contributed by atoms with Gasteiger partial charge in [-0.3, -0.25) is 4.79 Å². The molecule has 0 atom stereocenters. The standard InChI is InChI=1S/C14H16ClN5O5S/c1-24-10-3-2-9(15)8-11(10)26(22,23)20-6-4-19(5-7-20)14(21)12-13(16)18-25-17-12/h2-3,8H,4-7H2,1H3,(H2,16,18). The van der Waals surface area contributed by atoms with Gasteiger partial charge in [-0.05, 0) is 28.5 Å². The van der Waals surface area contributed by atoms with Crippen LogP contribution in [0.3, 0.4) is 0 Å². The zero-order chi connectivity index (χ0) is 18.9. The number of nitrogens with two attached hydrogens (primary N) is 1. The topological polar surface area (TPSA) is 132 Å². The number of amides is 1. The second kappa shape index (κ2) is 7.09. The molecule has 3 rings (SSSR count). The predicted octanol–water partition coefficient (Wildman–Crippen LogP) is 0.461. The minimum absolute atomic E-state index is 0.0165. The Morgan fingerprint density at radius 2 is 1.96 bits per heavy atom. The molecule has 1 aliphatic rings. The van der Waals surface area contributed by atoms with Crippen LogP contribution in [0.5, 0.6) is 5.75 Å². The van der Waals surface area contributed by atoms with E-state index in [1.54, 1.807) is 6.07 Å². The summed E-state index contributed by atoms with van der Waals surface area (Å²) in [5.74, 6) is -0.357. The number of rotatable bonds is 4. The van der Waals surface area contributed by atoms with Gasteiger partial charge in [-0.1, -0.05) is 11.6 Å². The number of nitrogens with zero attached hydrogens (tertiary/aromatic N) is 4. The third-order valence-corrected chi connectivity index (χ3v) is 6.14. The van der Waals surface area contributed by atoms with Gasteiger partial charge in [0.15, 0.2) is 0 Å². The average Bonchev–Trinajstić information content (AvgIpc) is 3.07. The number of ether oxygens (including phenoxy) is 1. The van der Waals surface area contributed by atoms with Gasteiger partial charge in [0.1, 0.15) is 10.6 Å². The Bertz CT molecular complexity index is 924. The van der Waals surface area contributed by atoms with Crippen molar-refractivity contribution in [1.82, 2.24) is 19.5 Å². The quantitative estimate of drug-likeness (QED) is 0.781. The third-order valence-electron chi connectivity index (χ3n) is 3.99. The van der Waals surface area contributed by atoms with Crippen molar-refractivity contribution in [2.24, 2.45) is 0 Å². The first-order chi connectivity index (χ1) is 12.3. The lowest BCUT2D eigenvalue weighted by molar-refractivity contribution is 0.0687. The lowest BCUT2D eigenvalue weighted by atomic mass is 10.3. The molecule has 140 valence electrons. The van der Waals surface area contributed by atoms with Gasteiger partial charge in [-0.25, -0.2) is 13.0 Å². The van der Waals surface area contributed by atoms with Crippen LogP contribution in [0.1, 0.15) is 10.5 Å². The summed E-state index contributed by atoms with van der Waals surface area (Å²) in [4.78, 5) is 13.8. The number of methoxy groups -OCH3 is 1. The van der Waals surface area contributed by atoms with E-state index in [1.807, 2.05) is 0 Å². The number of aromatic nitrogens is 2. The molecule has 12 heteroatoms. The first-order valence-electron chi connectivity index (χ1n) is 7.55. The number of hydrogen-bond acceptors (Lipinski definition) is 8. The summed E-state index contributed by atoms with van der Waals surface area (Å²) in [5, 5.41) is 7.12. The highest BCUT2D eigenvalue weighted by atomic mass is 35.5. The summed E-state index contributed by atoms with van der Waals surface area (Å²) in [6, 6.07) is 4.39. The molecule has 2 N–H and O–H groups in total. The van der Waals surface area contributed by atoms with Crippen LogP contribution in [0.25, 0.3) is 0 Å². The largest absolute Gasteiger partial charge is 0.495 e. The summed E-state index contributed by atoms with van der Waals surface area (Å²) in [6.45, 7) is 0.560. The molecule has 0 aliphatic carbocycles. The minimum atomic E-state index is -3.82. The van der Waals surface area contributed by atoms with Gasteiger partial charge in [-0.2, -0.15) is 4.31 Å². The van der Waals surface area contributed by atoms with Crippen LogP contribution in [0.4, 0.5) is 5.82 Å². The van der Waals surface area contributed by atoms with Crippen LogP contribution >= 0.6 is 11.6 Å². The van der Waals surface area contributed by atoms with Crippen LogP contribution in [0.15, 0.2) is 27.7 Å². The summed E-state index contributed by atoms with van der Waals surface area (Å²) in [7, 11) is -2.44. The van der Waals surface area contributed by atoms with Crippen molar-refractivity contribution in [2.75, 3.05) is 39.0 Å². The molecule has 0 spiro atoms. The molecular weight excluding hydrogens is 386 g/mol. The Hall–Kier alpha value is -2.37. The lowest BCUT2D eigenvalue weighted by Crippen LogP contribution is -2.50. The normalized spacial score (nSPS) is 15.8. The Labute approximate surface area is 154 Å². The molecule has 1 aromatic heterocycles. The van der Waals surface area contributed by atoms with Gasteiger partial charge in [0, 0.05) is 31.2 Å². The molecule has 1 amide bonds. The van der Waals surface area contributed by atoms with Crippen molar-refractivity contribution >= 4 is 33.3 Å². The highest BCUT2D eigenvalue weighted by molar-refractivity contribution is 7.89. The van der Waals surface area contributed by atoms with Crippen molar-refractivity contribution in [1.29, 1.82) is 0 Å². The van der Waals surface area contributed by atoms with Gasteiger partial charge in [0.2, 0.25) is 21.5 Å². The highest BCUT2D eigenvalue weighted by Gasteiger charge is 2.33. The number of carbonyl (C=O) groups excluding carboxylic acids is 1. The Kier molecular flexibility index (Phi) is 5.03. The number of hydrogen-bond donors (Lipinski definition) is 1. The fourth-order valence-corrected chi connectivity index (χ4v) is 4.46. The van der Waals surface area contributed by atoms with E-state index in [0.29, 0.717) is 0 Å². The molecule has 1 aromatic carbocycles. The van der Waals surface area contributed by atoms with Crippen LogP contribution in [-0.2, 0) is 10.0 Å². The number of nitrogen functional groups attached to an aromatic ring is 1. The summed E-state index contributed by atoms with van der Waals surface area (Å²) in [5.41, 5.74) is 5.43. The van der Waals surface area contributed by atoms with E-state index in [0.717, 1.165) is 0 Å². The average molecular weight is 402 g/mol. The second-order valence-electron chi connectivity index (χ2n) is 5.49. The monoisotopic (exact) mass is 401 g/mol. The number of sulfonamides is 1. The minimum Gasteiger partial charge on any atom is -0.495 e. The summed E-state index contributed by atoms with van der Waals surface area (Å²) in [6.07, 6.45) is 0. The van der Waals surface area contributed by atoms with Gasteiger partial charge >= 0.3 is 0 Å². The number of halogens is 1. The second-order valence-corrected chi connectivity index (χ2v) is 7.83. The molecule has 0 saturated carbocycles. The maximum Gasteiger partial charge on any atom is 0.280 e. The van der Waals surface area contributed by atoms with Crippen molar-refractivity contribution in [3.8, 4) is 5.75 Å². The third kappa shape index (κ3) is 3.32. The van der Waals surface area contributed by atoms with Crippen LogP contribution < -0.4 is 10.5 Å². The predicted molar refractivity (Wildman–Crippen MR) is 91.4 cm³/mol. The fraction of sp³-hybridized carbons (Fsp3) is 0.357. The Morgan fingerprint density at radius 1 is 1.27 bits per heavy atom. The molecule has 26 heavy (non-hydrogen) atoms. The van der Waals surface area contributed by atoms with E-state index in [9.17, 15) is 13.2 Å². The molecule has 1 saturated heterocycles. The van der Waals surface area contributed by atoms with Crippen molar-refractivity contribution in [2.45, 2.75) is 4.90 Å². The first-order valence-corrected chi connectivity index (χ1v) is 9.37. The molecule has 2 heterocycles. The summed E-state index contributed by atoms with van der Waals surface area (Å²) < 4.78 is 36.6. The number of anilines is 1. The van der Waals surface area contributed by atoms with Gasteiger partial charge < -0.3 is 15.4 Å².